The maximum atomic E-state index is 12.8. The van der Waals surface area contributed by atoms with Crippen LogP contribution in [0.25, 0.3) is 11.3 Å². The van der Waals surface area contributed by atoms with E-state index in [9.17, 15) is 20.0 Å². The number of pyridine rings is 1. The summed E-state index contributed by atoms with van der Waals surface area (Å²) in [6.45, 7) is 5.01. The number of nitrogens with zero attached hydrogens (tertiary/aromatic N) is 3. The first kappa shape index (κ1) is 22.0. The number of aromatic carboxylic acids is 1. The van der Waals surface area contributed by atoms with Gasteiger partial charge in [-0.25, -0.2) is 4.79 Å². The van der Waals surface area contributed by atoms with Crippen LogP contribution in [0, 0.1) is 28.6 Å². The van der Waals surface area contributed by atoms with E-state index >= 15 is 0 Å². The van der Waals surface area contributed by atoms with E-state index in [4.69, 9.17) is 4.74 Å². The summed E-state index contributed by atoms with van der Waals surface area (Å²) in [6, 6.07) is 8.50. The number of fused-ring (bicyclic) bond motifs is 7. The van der Waals surface area contributed by atoms with E-state index in [0.29, 0.717) is 18.4 Å². The number of carboxylic acids is 1. The fourth-order valence-corrected chi connectivity index (χ4v) is 7.59. The third-order valence-corrected chi connectivity index (χ3v) is 9.59. The molecule has 186 valence electrons. The van der Waals surface area contributed by atoms with Gasteiger partial charge in [-0.3, -0.25) is 14.5 Å². The van der Waals surface area contributed by atoms with Crippen LogP contribution in [0.3, 0.4) is 0 Å². The van der Waals surface area contributed by atoms with Crippen molar-refractivity contribution in [2.24, 2.45) is 17.3 Å². The van der Waals surface area contributed by atoms with Gasteiger partial charge in [-0.1, -0.05) is 0 Å². The Balaban J connectivity index is 1.33. The summed E-state index contributed by atoms with van der Waals surface area (Å²) in [5, 5.41) is 21.3. The van der Waals surface area contributed by atoms with Gasteiger partial charge in [-0.2, -0.15) is 5.26 Å². The van der Waals surface area contributed by atoms with Crippen molar-refractivity contribution in [3.05, 3.63) is 51.3 Å². The lowest BCUT2D eigenvalue weighted by molar-refractivity contribution is 0.0675. The minimum absolute atomic E-state index is 0.0861. The first-order valence-corrected chi connectivity index (χ1v) is 13.2. The van der Waals surface area contributed by atoms with Gasteiger partial charge in [0.05, 0.1) is 30.0 Å². The highest BCUT2D eigenvalue weighted by molar-refractivity contribution is 5.88. The van der Waals surface area contributed by atoms with Crippen LogP contribution < -0.4 is 15.2 Å². The van der Waals surface area contributed by atoms with Crippen LogP contribution in [0.15, 0.2) is 29.2 Å². The first-order valence-electron chi connectivity index (χ1n) is 13.2. The van der Waals surface area contributed by atoms with Gasteiger partial charge in [0, 0.05) is 29.2 Å². The molecule has 1 N–H and O–H groups in total. The van der Waals surface area contributed by atoms with Crippen LogP contribution in [-0.2, 0) is 0 Å². The Hall–Kier alpha value is -3.27. The highest BCUT2D eigenvalue weighted by Gasteiger charge is 2.56. The third-order valence-electron chi connectivity index (χ3n) is 9.59. The number of carbonyl (C=O) groups is 1. The summed E-state index contributed by atoms with van der Waals surface area (Å²) >= 11 is 0. The largest absolute Gasteiger partial charge is 0.493 e. The summed E-state index contributed by atoms with van der Waals surface area (Å²) in [7, 11) is 0. The Morgan fingerprint density at radius 1 is 1.17 bits per heavy atom. The number of nitriles is 1. The van der Waals surface area contributed by atoms with E-state index in [1.807, 2.05) is 4.68 Å². The predicted octanol–water partition coefficient (Wildman–Crippen LogP) is 4.97. The molecular formula is C29H31N3O4. The second-order valence-corrected chi connectivity index (χ2v) is 12.4. The molecule has 0 spiro atoms. The maximum Gasteiger partial charge on any atom is 0.341 e. The van der Waals surface area contributed by atoms with Crippen molar-refractivity contribution in [2.75, 3.05) is 11.6 Å². The summed E-state index contributed by atoms with van der Waals surface area (Å²) < 4.78 is 8.54. The quantitative estimate of drug-likeness (QED) is 0.642. The predicted molar refractivity (Wildman–Crippen MR) is 134 cm³/mol. The molecule has 4 aliphatic carbocycles. The SMILES string of the molecule is CC1(C)CC[C@@H]2c3cc(OCC45CC(C#N)C(C4)C5)c(C4CC4)cc3-c3cc(=O)c(C(=O)O)cn3N21. The third kappa shape index (κ3) is 3.03. The van der Waals surface area contributed by atoms with Crippen LogP contribution in [0.5, 0.6) is 5.75 Å². The average molecular weight is 486 g/mol. The van der Waals surface area contributed by atoms with Gasteiger partial charge in [0.15, 0.2) is 5.43 Å². The molecule has 0 amide bonds. The summed E-state index contributed by atoms with van der Waals surface area (Å²) in [5.74, 6) is 0.950. The smallest absolute Gasteiger partial charge is 0.341 e. The lowest BCUT2D eigenvalue weighted by Crippen LogP contribution is -2.50. The van der Waals surface area contributed by atoms with Gasteiger partial charge in [0.25, 0.3) is 0 Å². The van der Waals surface area contributed by atoms with E-state index in [1.165, 1.54) is 17.8 Å². The first-order chi connectivity index (χ1) is 17.2. The highest BCUT2D eigenvalue weighted by atomic mass is 16.5. The van der Waals surface area contributed by atoms with E-state index in [2.05, 4.69) is 37.1 Å². The summed E-state index contributed by atoms with van der Waals surface area (Å²) in [6.07, 6.45) is 8.84. The molecule has 2 aliphatic heterocycles. The van der Waals surface area contributed by atoms with E-state index < -0.39 is 11.4 Å². The second kappa shape index (κ2) is 7.15. The molecule has 4 saturated carbocycles. The molecule has 2 atom stereocenters. The number of ether oxygens (including phenoxy) is 1. The summed E-state index contributed by atoms with van der Waals surface area (Å²) in [4.78, 5) is 24.6. The molecule has 6 aliphatic rings. The fourth-order valence-electron chi connectivity index (χ4n) is 7.59. The second-order valence-electron chi connectivity index (χ2n) is 12.4. The highest BCUT2D eigenvalue weighted by Crippen LogP contribution is 2.62. The van der Waals surface area contributed by atoms with Crippen molar-refractivity contribution in [3.63, 3.8) is 0 Å². The normalized spacial score (nSPS) is 30.6. The molecule has 2 aromatic rings. The Kier molecular flexibility index (Phi) is 4.36. The van der Waals surface area contributed by atoms with Gasteiger partial charge in [0.1, 0.15) is 11.3 Å². The molecule has 7 nitrogen and oxygen atoms in total. The number of hydrogen-bond donors (Lipinski definition) is 1. The van der Waals surface area contributed by atoms with E-state index in [-0.39, 0.29) is 28.5 Å². The van der Waals surface area contributed by atoms with Crippen molar-refractivity contribution < 1.29 is 14.6 Å². The zero-order valence-electron chi connectivity index (χ0n) is 20.8. The van der Waals surface area contributed by atoms with Crippen molar-refractivity contribution in [3.8, 4) is 23.1 Å². The van der Waals surface area contributed by atoms with Gasteiger partial charge < -0.3 is 9.84 Å². The molecule has 7 heteroatoms. The van der Waals surface area contributed by atoms with Crippen LogP contribution in [0.4, 0.5) is 0 Å². The lowest BCUT2D eigenvalue weighted by atomic mass is 9.70. The minimum Gasteiger partial charge on any atom is -0.493 e. The van der Waals surface area contributed by atoms with Gasteiger partial charge in [-0.05, 0) is 93.9 Å². The molecule has 1 unspecified atom stereocenters. The van der Waals surface area contributed by atoms with Crippen LogP contribution >= 0.6 is 0 Å². The Morgan fingerprint density at radius 3 is 2.61 bits per heavy atom. The number of benzene rings is 1. The number of carboxylic acid groups (broad SMARTS) is 1. The topological polar surface area (TPSA) is 95.6 Å². The molecule has 1 aromatic heterocycles. The summed E-state index contributed by atoms with van der Waals surface area (Å²) in [5.41, 5.74) is 3.43. The average Bonchev–Trinajstić information content (AvgIpc) is 3.41. The van der Waals surface area contributed by atoms with E-state index in [0.717, 1.165) is 67.5 Å². The molecule has 36 heavy (non-hydrogen) atoms. The molecule has 1 saturated heterocycles. The van der Waals surface area contributed by atoms with Crippen molar-refractivity contribution in [1.29, 1.82) is 5.26 Å². The maximum absolute atomic E-state index is 12.8. The van der Waals surface area contributed by atoms with Crippen LogP contribution in [0.1, 0.15) is 92.2 Å². The van der Waals surface area contributed by atoms with Gasteiger partial charge >= 0.3 is 5.97 Å². The Bertz CT molecular complexity index is 1410. The number of aromatic nitrogens is 1. The van der Waals surface area contributed by atoms with Gasteiger partial charge in [0.2, 0.25) is 0 Å². The van der Waals surface area contributed by atoms with Crippen LogP contribution in [0.2, 0.25) is 0 Å². The van der Waals surface area contributed by atoms with Gasteiger partial charge in [-0.15, -0.1) is 0 Å². The molecule has 5 fully saturated rings. The van der Waals surface area contributed by atoms with Crippen molar-refractivity contribution in [2.45, 2.75) is 76.3 Å². The standard InChI is InChI=1S/C29H31N3O4/c1-28(2)6-5-23-21-8-26(36-15-29-10-17(11-29)18(12-29)13-30)19(16-3-4-16)7-20(21)24-9-25(33)22(27(34)35)14-31(24)32(23)28/h7-9,14,16-18,23H,3-6,10-12,15H2,1-2H3,(H,34,35)/t17?,18?,23-,29?/m1/s1. The molecular weight excluding hydrogens is 454 g/mol. The Labute approximate surface area is 210 Å². The molecule has 3 heterocycles. The van der Waals surface area contributed by atoms with E-state index in [1.54, 1.807) is 0 Å². The molecule has 0 radical (unpaired) electrons. The van der Waals surface area contributed by atoms with Crippen molar-refractivity contribution >= 4 is 5.97 Å². The zero-order valence-corrected chi connectivity index (χ0v) is 20.8. The number of rotatable bonds is 5. The fraction of sp³-hybridized carbons (Fsp3) is 0.552. The lowest BCUT2D eigenvalue weighted by Gasteiger charge is -2.45. The molecule has 1 aromatic carbocycles. The minimum atomic E-state index is -1.19. The molecule has 2 bridgehead atoms. The van der Waals surface area contributed by atoms with Crippen molar-refractivity contribution in [1.82, 2.24) is 4.68 Å². The van der Waals surface area contributed by atoms with Crippen LogP contribution in [-0.4, -0.2) is 27.9 Å². The number of hydrogen-bond acceptors (Lipinski definition) is 5. The zero-order chi connectivity index (χ0) is 25.0. The molecule has 8 rings (SSSR count). The Morgan fingerprint density at radius 2 is 1.94 bits per heavy atom. The monoisotopic (exact) mass is 485 g/mol.